The van der Waals surface area contributed by atoms with Gasteiger partial charge in [0, 0.05) is 17.8 Å². The average molecular weight is 304 g/mol. The Morgan fingerprint density at radius 1 is 0.950 bits per heavy atom. The van der Waals surface area contributed by atoms with Crippen molar-refractivity contribution in [2.24, 2.45) is 0 Å². The summed E-state index contributed by atoms with van der Waals surface area (Å²) in [5.74, 6) is -1.05. The number of carbonyl (C=O) groups is 2. The van der Waals surface area contributed by atoms with E-state index in [1.807, 2.05) is 0 Å². The molecular formula is C13H21O6P. The van der Waals surface area contributed by atoms with Crippen LogP contribution in [-0.2, 0) is 28.2 Å². The molecule has 0 heterocycles. The van der Waals surface area contributed by atoms with Gasteiger partial charge in [0.15, 0.2) is 0 Å². The molecule has 1 unspecified atom stereocenters. The highest BCUT2D eigenvalue weighted by Gasteiger charge is 2.17. The van der Waals surface area contributed by atoms with Crippen LogP contribution in [0.25, 0.3) is 0 Å². The second-order valence-corrected chi connectivity index (χ2v) is 7.14. The van der Waals surface area contributed by atoms with Gasteiger partial charge in [-0.15, -0.1) is 0 Å². The van der Waals surface area contributed by atoms with Crippen LogP contribution < -0.4 is 0 Å². The van der Waals surface area contributed by atoms with Crippen LogP contribution >= 0.6 is 7.37 Å². The van der Waals surface area contributed by atoms with Gasteiger partial charge in [-0.3, -0.25) is 4.57 Å². The van der Waals surface area contributed by atoms with Crippen molar-refractivity contribution in [3.63, 3.8) is 0 Å². The van der Waals surface area contributed by atoms with Gasteiger partial charge in [-0.1, -0.05) is 13.2 Å². The highest BCUT2D eigenvalue weighted by atomic mass is 31.2. The molecule has 0 bridgehead atoms. The zero-order valence-electron chi connectivity index (χ0n) is 12.1. The van der Waals surface area contributed by atoms with E-state index in [-0.39, 0.29) is 37.1 Å². The van der Waals surface area contributed by atoms with E-state index in [4.69, 9.17) is 14.0 Å². The van der Waals surface area contributed by atoms with Crippen LogP contribution in [0.5, 0.6) is 0 Å². The normalized spacial score (nSPS) is 13.2. The van der Waals surface area contributed by atoms with E-state index in [9.17, 15) is 14.2 Å². The SMILES string of the molecule is C=C(C)C(=O)OCCOP(C)(=O)CCOC(=O)C(=C)C. The van der Waals surface area contributed by atoms with E-state index in [2.05, 4.69) is 13.2 Å². The minimum Gasteiger partial charge on any atom is -0.462 e. The van der Waals surface area contributed by atoms with Crippen LogP contribution in [0.3, 0.4) is 0 Å². The van der Waals surface area contributed by atoms with E-state index in [0.29, 0.717) is 0 Å². The molecule has 114 valence electrons. The molecule has 20 heavy (non-hydrogen) atoms. The van der Waals surface area contributed by atoms with Gasteiger partial charge in [0.2, 0.25) is 7.37 Å². The van der Waals surface area contributed by atoms with Crippen molar-refractivity contribution in [2.75, 3.05) is 32.6 Å². The van der Waals surface area contributed by atoms with Gasteiger partial charge in [0.25, 0.3) is 0 Å². The molecule has 0 N–H and O–H groups in total. The summed E-state index contributed by atoms with van der Waals surface area (Å²) in [6.07, 6.45) is 0.0977. The summed E-state index contributed by atoms with van der Waals surface area (Å²) < 4.78 is 26.7. The molecule has 7 heteroatoms. The molecule has 0 saturated carbocycles. The lowest BCUT2D eigenvalue weighted by molar-refractivity contribution is -0.140. The lowest BCUT2D eigenvalue weighted by atomic mass is 10.4. The first-order valence-corrected chi connectivity index (χ1v) is 8.28. The molecule has 0 radical (unpaired) electrons. The van der Waals surface area contributed by atoms with Gasteiger partial charge in [0.1, 0.15) is 13.2 Å². The molecule has 0 aliphatic carbocycles. The smallest absolute Gasteiger partial charge is 0.333 e. The quantitative estimate of drug-likeness (QED) is 0.281. The third-order valence-corrected chi connectivity index (χ3v) is 3.83. The maximum Gasteiger partial charge on any atom is 0.333 e. The van der Waals surface area contributed by atoms with E-state index >= 15 is 0 Å². The summed E-state index contributed by atoms with van der Waals surface area (Å²) in [4.78, 5) is 22.2. The fourth-order valence-corrected chi connectivity index (χ4v) is 1.99. The summed E-state index contributed by atoms with van der Waals surface area (Å²) in [5, 5.41) is 0. The zero-order chi connectivity index (χ0) is 15.8. The Morgan fingerprint density at radius 2 is 1.40 bits per heavy atom. The number of carbonyl (C=O) groups excluding carboxylic acids is 2. The van der Waals surface area contributed by atoms with Gasteiger partial charge >= 0.3 is 11.9 Å². The van der Waals surface area contributed by atoms with Gasteiger partial charge in [0.05, 0.1) is 12.8 Å². The molecule has 0 aromatic carbocycles. The number of rotatable bonds is 9. The Kier molecular flexibility index (Phi) is 8.11. The third kappa shape index (κ3) is 8.67. The summed E-state index contributed by atoms with van der Waals surface area (Å²) in [6.45, 7) is 11.4. The Hall–Kier alpha value is -1.39. The molecular weight excluding hydrogens is 283 g/mol. The summed E-state index contributed by atoms with van der Waals surface area (Å²) in [7, 11) is -2.88. The van der Waals surface area contributed by atoms with Crippen LogP contribution in [0.15, 0.2) is 24.3 Å². The van der Waals surface area contributed by atoms with Crippen LogP contribution in [0.2, 0.25) is 0 Å². The Bertz CT molecular complexity index is 440. The number of ether oxygens (including phenoxy) is 2. The van der Waals surface area contributed by atoms with Crippen molar-refractivity contribution in [3.8, 4) is 0 Å². The van der Waals surface area contributed by atoms with E-state index < -0.39 is 19.3 Å². The largest absolute Gasteiger partial charge is 0.462 e. The fraction of sp³-hybridized carbons (Fsp3) is 0.538. The number of hydrogen-bond donors (Lipinski definition) is 0. The predicted octanol–water partition coefficient (Wildman–Crippen LogP) is 2.15. The summed E-state index contributed by atoms with van der Waals surface area (Å²) in [6, 6.07) is 0. The number of hydrogen-bond acceptors (Lipinski definition) is 6. The average Bonchev–Trinajstić information content (AvgIpc) is 2.33. The molecule has 0 aliphatic heterocycles. The maximum atomic E-state index is 11.9. The topological polar surface area (TPSA) is 78.9 Å². The van der Waals surface area contributed by atoms with Crippen molar-refractivity contribution < 1.29 is 28.2 Å². The van der Waals surface area contributed by atoms with Crippen LogP contribution in [0, 0.1) is 0 Å². The van der Waals surface area contributed by atoms with Crippen molar-refractivity contribution in [2.45, 2.75) is 13.8 Å². The summed E-state index contributed by atoms with van der Waals surface area (Å²) in [5.41, 5.74) is 0.569. The lowest BCUT2D eigenvalue weighted by Crippen LogP contribution is -2.13. The highest BCUT2D eigenvalue weighted by Crippen LogP contribution is 2.41. The Labute approximate surface area is 119 Å². The third-order valence-electron chi connectivity index (χ3n) is 2.11. The van der Waals surface area contributed by atoms with Gasteiger partial charge < -0.3 is 14.0 Å². The van der Waals surface area contributed by atoms with Gasteiger partial charge in [-0.25, -0.2) is 9.59 Å². The molecule has 0 spiro atoms. The maximum absolute atomic E-state index is 11.9. The highest BCUT2D eigenvalue weighted by molar-refractivity contribution is 7.58. The Balaban J connectivity index is 3.88. The van der Waals surface area contributed by atoms with E-state index in [1.165, 1.54) is 20.5 Å². The van der Waals surface area contributed by atoms with Crippen molar-refractivity contribution in [3.05, 3.63) is 24.3 Å². The fourth-order valence-electron chi connectivity index (χ4n) is 0.980. The van der Waals surface area contributed by atoms with Crippen LogP contribution in [-0.4, -0.2) is 44.6 Å². The van der Waals surface area contributed by atoms with Crippen molar-refractivity contribution >= 4 is 19.3 Å². The first-order chi connectivity index (χ1) is 9.15. The second kappa shape index (κ2) is 8.72. The molecule has 0 aromatic rings. The van der Waals surface area contributed by atoms with Crippen molar-refractivity contribution in [1.29, 1.82) is 0 Å². The molecule has 0 fully saturated rings. The second-order valence-electron chi connectivity index (χ2n) is 4.40. The molecule has 0 amide bonds. The predicted molar refractivity (Wildman–Crippen MR) is 75.9 cm³/mol. The molecule has 6 nitrogen and oxygen atoms in total. The number of esters is 2. The summed E-state index contributed by atoms with van der Waals surface area (Å²) >= 11 is 0. The molecule has 0 rings (SSSR count). The van der Waals surface area contributed by atoms with Crippen molar-refractivity contribution in [1.82, 2.24) is 0 Å². The lowest BCUT2D eigenvalue weighted by Gasteiger charge is -2.14. The van der Waals surface area contributed by atoms with E-state index in [1.54, 1.807) is 0 Å². The standard InChI is InChI=1S/C13H21O6P/c1-10(2)12(14)17-6-7-19-20(5,16)9-8-18-13(15)11(3)4/h1,3,6-9H2,2,4-5H3. The minimum atomic E-state index is -2.88. The zero-order valence-corrected chi connectivity index (χ0v) is 13.0. The Morgan fingerprint density at radius 3 is 1.85 bits per heavy atom. The first kappa shape index (κ1) is 18.6. The first-order valence-electron chi connectivity index (χ1n) is 6.02. The monoisotopic (exact) mass is 304 g/mol. The molecule has 0 aromatic heterocycles. The molecule has 1 atom stereocenters. The molecule has 0 saturated heterocycles. The van der Waals surface area contributed by atoms with Gasteiger partial charge in [-0.2, -0.15) is 0 Å². The minimum absolute atomic E-state index is 0.00488. The van der Waals surface area contributed by atoms with Crippen LogP contribution in [0.1, 0.15) is 13.8 Å². The van der Waals surface area contributed by atoms with Gasteiger partial charge in [-0.05, 0) is 13.8 Å². The molecule has 0 aliphatic rings. The van der Waals surface area contributed by atoms with Crippen LogP contribution in [0.4, 0.5) is 0 Å². The van der Waals surface area contributed by atoms with E-state index in [0.717, 1.165) is 0 Å².